The molecule has 0 aliphatic heterocycles. The highest BCUT2D eigenvalue weighted by Crippen LogP contribution is 2.11. The fourth-order valence-corrected chi connectivity index (χ4v) is 1.63. The number of carboxylic acid groups (broad SMARTS) is 1. The van der Waals surface area contributed by atoms with Crippen LogP contribution in [0, 0.1) is 6.92 Å². The minimum atomic E-state index is -1.28. The monoisotopic (exact) mass is 230 g/mol. The molecule has 1 aromatic rings. The van der Waals surface area contributed by atoms with Crippen LogP contribution in [0.2, 0.25) is 0 Å². The van der Waals surface area contributed by atoms with Gasteiger partial charge in [0.15, 0.2) is 6.04 Å². The molecule has 0 fully saturated rings. The second-order valence-corrected chi connectivity index (χ2v) is 3.67. The van der Waals surface area contributed by atoms with E-state index in [-0.39, 0.29) is 0 Å². The minimum Gasteiger partial charge on any atom is -0.480 e. The molecule has 0 bridgehead atoms. The Kier molecular flexibility index (Phi) is 3.75. The van der Waals surface area contributed by atoms with Gasteiger partial charge in [-0.3, -0.25) is 4.79 Å². The predicted octanol–water partition coefficient (Wildman–Crippen LogP) is -0.373. The summed E-state index contributed by atoms with van der Waals surface area (Å²) in [5.41, 5.74) is 2.04. The Labute approximate surface area is 89.6 Å². The van der Waals surface area contributed by atoms with Gasteiger partial charge in [0, 0.05) is 0 Å². The molecule has 7 heteroatoms. The third-order valence-corrected chi connectivity index (χ3v) is 2.67. The molecular weight excluding hydrogens is 220 g/mol. The fraction of sp³-hybridized carbons (Fsp3) is 0.375. The maximum Gasteiger partial charge on any atom is 0.328 e. The molecule has 0 radical (unpaired) electrons. The number of amides is 1. The third-order valence-electron chi connectivity index (χ3n) is 1.74. The first-order valence-corrected chi connectivity index (χ1v) is 4.98. The van der Waals surface area contributed by atoms with E-state index in [1.165, 1.54) is 5.51 Å². The van der Waals surface area contributed by atoms with E-state index in [0.717, 1.165) is 11.3 Å². The van der Waals surface area contributed by atoms with Gasteiger partial charge in [-0.2, -0.15) is 0 Å². The van der Waals surface area contributed by atoms with E-state index in [0.29, 0.717) is 10.6 Å². The van der Waals surface area contributed by atoms with Crippen LogP contribution in [0.4, 0.5) is 0 Å². The SMILES string of the molecule is Cc1ncsc1C(=O)NC(CO)C(=O)O. The normalized spacial score (nSPS) is 12.1. The topological polar surface area (TPSA) is 99.5 Å². The van der Waals surface area contributed by atoms with Crippen LogP contribution >= 0.6 is 11.3 Å². The van der Waals surface area contributed by atoms with Gasteiger partial charge in [-0.1, -0.05) is 0 Å². The van der Waals surface area contributed by atoms with Gasteiger partial charge in [0.05, 0.1) is 17.8 Å². The van der Waals surface area contributed by atoms with Gasteiger partial charge in [-0.05, 0) is 6.92 Å². The molecule has 0 aliphatic rings. The number of aryl methyl sites for hydroxylation is 1. The highest BCUT2D eigenvalue weighted by molar-refractivity contribution is 7.11. The standard InChI is InChI=1S/C8H10N2O4S/c1-4-6(15-3-9-4)7(12)10-5(2-11)8(13)14/h3,5,11H,2H2,1H3,(H,10,12)(H,13,14). The van der Waals surface area contributed by atoms with Crippen molar-refractivity contribution in [3.63, 3.8) is 0 Å². The van der Waals surface area contributed by atoms with Crippen molar-refractivity contribution >= 4 is 23.2 Å². The Hall–Kier alpha value is -1.47. The highest BCUT2D eigenvalue weighted by atomic mass is 32.1. The lowest BCUT2D eigenvalue weighted by Gasteiger charge is -2.10. The number of aliphatic carboxylic acids is 1. The maximum absolute atomic E-state index is 11.5. The molecule has 1 atom stereocenters. The molecule has 3 N–H and O–H groups in total. The summed E-state index contributed by atoms with van der Waals surface area (Å²) in [6, 6.07) is -1.28. The van der Waals surface area contributed by atoms with Crippen LogP contribution in [0.25, 0.3) is 0 Å². The van der Waals surface area contributed by atoms with Crippen LogP contribution in [-0.2, 0) is 4.79 Å². The minimum absolute atomic E-state index is 0.356. The lowest BCUT2D eigenvalue weighted by Crippen LogP contribution is -2.43. The summed E-state index contributed by atoms with van der Waals surface area (Å²) in [6.07, 6.45) is 0. The fourth-order valence-electron chi connectivity index (χ4n) is 0.929. The maximum atomic E-state index is 11.5. The van der Waals surface area contributed by atoms with Crippen LogP contribution in [0.3, 0.4) is 0 Å². The van der Waals surface area contributed by atoms with Crippen LogP contribution in [0.5, 0.6) is 0 Å². The number of nitrogens with zero attached hydrogens (tertiary/aromatic N) is 1. The lowest BCUT2D eigenvalue weighted by molar-refractivity contribution is -0.140. The van der Waals surface area contributed by atoms with Crippen LogP contribution < -0.4 is 5.32 Å². The van der Waals surface area contributed by atoms with Gasteiger partial charge in [0.25, 0.3) is 5.91 Å². The zero-order valence-electron chi connectivity index (χ0n) is 7.93. The zero-order chi connectivity index (χ0) is 11.4. The van der Waals surface area contributed by atoms with Crippen LogP contribution in [0.15, 0.2) is 5.51 Å². The number of carbonyl (C=O) groups excluding carboxylic acids is 1. The van der Waals surface area contributed by atoms with Crippen molar-refractivity contribution in [1.82, 2.24) is 10.3 Å². The van der Waals surface area contributed by atoms with E-state index in [9.17, 15) is 9.59 Å². The molecule has 1 aromatic heterocycles. The molecule has 1 heterocycles. The van der Waals surface area contributed by atoms with E-state index >= 15 is 0 Å². The number of rotatable bonds is 4. The number of carbonyl (C=O) groups is 2. The number of aliphatic hydroxyl groups excluding tert-OH is 1. The van der Waals surface area contributed by atoms with E-state index in [4.69, 9.17) is 10.2 Å². The van der Waals surface area contributed by atoms with E-state index < -0.39 is 24.5 Å². The summed E-state index contributed by atoms with van der Waals surface area (Å²) in [5, 5.41) is 19.5. The van der Waals surface area contributed by atoms with Gasteiger partial charge >= 0.3 is 5.97 Å². The molecule has 6 nitrogen and oxygen atoms in total. The Morgan fingerprint density at radius 2 is 2.33 bits per heavy atom. The van der Waals surface area contributed by atoms with Crippen molar-refractivity contribution in [2.75, 3.05) is 6.61 Å². The summed E-state index contributed by atoms with van der Waals surface area (Å²) in [5.74, 6) is -1.80. The number of aliphatic hydroxyl groups is 1. The average Bonchev–Trinajstić information content (AvgIpc) is 2.60. The predicted molar refractivity (Wildman–Crippen MR) is 52.8 cm³/mol. The summed E-state index contributed by atoms with van der Waals surface area (Å²) in [7, 11) is 0. The van der Waals surface area contributed by atoms with Crippen molar-refractivity contribution in [2.24, 2.45) is 0 Å². The molecule has 0 saturated heterocycles. The Morgan fingerprint density at radius 1 is 1.67 bits per heavy atom. The molecule has 0 spiro atoms. The number of hydrogen-bond acceptors (Lipinski definition) is 5. The third kappa shape index (κ3) is 2.74. The molecule has 0 aliphatic carbocycles. The Balaban J connectivity index is 2.71. The number of nitrogens with one attached hydrogen (secondary N) is 1. The zero-order valence-corrected chi connectivity index (χ0v) is 8.74. The molecule has 1 amide bonds. The van der Waals surface area contributed by atoms with Gasteiger partial charge in [0.2, 0.25) is 0 Å². The van der Waals surface area contributed by atoms with Crippen molar-refractivity contribution in [3.05, 3.63) is 16.1 Å². The quantitative estimate of drug-likeness (QED) is 0.655. The van der Waals surface area contributed by atoms with Crippen LogP contribution in [0.1, 0.15) is 15.4 Å². The molecule has 1 unspecified atom stereocenters. The molecule has 15 heavy (non-hydrogen) atoms. The average molecular weight is 230 g/mol. The van der Waals surface area contributed by atoms with Crippen LogP contribution in [-0.4, -0.2) is 39.7 Å². The summed E-state index contributed by atoms with van der Waals surface area (Å²) in [4.78, 5) is 26.2. The van der Waals surface area contributed by atoms with Crippen molar-refractivity contribution in [2.45, 2.75) is 13.0 Å². The van der Waals surface area contributed by atoms with Crippen molar-refractivity contribution < 1.29 is 19.8 Å². The van der Waals surface area contributed by atoms with Crippen molar-refractivity contribution in [1.29, 1.82) is 0 Å². The number of thiazole rings is 1. The van der Waals surface area contributed by atoms with Gasteiger partial charge in [-0.15, -0.1) is 11.3 Å². The first-order chi connectivity index (χ1) is 7.06. The van der Waals surface area contributed by atoms with Gasteiger partial charge in [0.1, 0.15) is 4.88 Å². The molecule has 0 saturated carbocycles. The number of aromatic nitrogens is 1. The number of carboxylic acids is 1. The lowest BCUT2D eigenvalue weighted by atomic mass is 10.3. The second-order valence-electron chi connectivity index (χ2n) is 2.81. The second kappa shape index (κ2) is 4.85. The highest BCUT2D eigenvalue weighted by Gasteiger charge is 2.21. The smallest absolute Gasteiger partial charge is 0.328 e. The molecule has 82 valence electrons. The summed E-state index contributed by atoms with van der Waals surface area (Å²) < 4.78 is 0. The summed E-state index contributed by atoms with van der Waals surface area (Å²) >= 11 is 1.12. The van der Waals surface area contributed by atoms with E-state index in [2.05, 4.69) is 10.3 Å². The van der Waals surface area contributed by atoms with Gasteiger partial charge < -0.3 is 15.5 Å². The Bertz CT molecular complexity index is 376. The number of hydrogen-bond donors (Lipinski definition) is 3. The largest absolute Gasteiger partial charge is 0.480 e. The van der Waals surface area contributed by atoms with E-state index in [1.54, 1.807) is 6.92 Å². The van der Waals surface area contributed by atoms with Gasteiger partial charge in [-0.25, -0.2) is 9.78 Å². The summed E-state index contributed by atoms with van der Waals surface area (Å²) in [6.45, 7) is 1.01. The first-order valence-electron chi connectivity index (χ1n) is 4.11. The first kappa shape index (κ1) is 11.6. The molecular formula is C8H10N2O4S. The molecule has 1 rings (SSSR count). The van der Waals surface area contributed by atoms with E-state index in [1.807, 2.05) is 0 Å². The molecule has 0 aromatic carbocycles. The Morgan fingerprint density at radius 3 is 2.73 bits per heavy atom. The van der Waals surface area contributed by atoms with Crippen molar-refractivity contribution in [3.8, 4) is 0 Å².